The molecule has 0 amide bonds. The number of aliphatic hydroxyl groups excluding tert-OH is 1. The first-order chi connectivity index (χ1) is 8.69. The van der Waals surface area contributed by atoms with Crippen LogP contribution >= 0.6 is 11.6 Å². The lowest BCUT2D eigenvalue weighted by Gasteiger charge is -2.19. The number of hydrogen-bond acceptors (Lipinski definition) is 5. The summed E-state index contributed by atoms with van der Waals surface area (Å²) in [5, 5.41) is 9.17. The van der Waals surface area contributed by atoms with Crippen LogP contribution in [0, 0.1) is 0 Å². The number of rotatable bonds is 7. The third kappa shape index (κ3) is 3.26. The van der Waals surface area contributed by atoms with Gasteiger partial charge in [0.1, 0.15) is 0 Å². The number of hydrogen-bond donors (Lipinski definition) is 2. The lowest BCUT2D eigenvalue weighted by molar-refractivity contribution is 0.0328. The highest BCUT2D eigenvalue weighted by Gasteiger charge is 2.19. The molecule has 0 saturated heterocycles. The molecule has 1 aromatic carbocycles. The lowest BCUT2D eigenvalue weighted by Crippen LogP contribution is -2.18. The van der Waals surface area contributed by atoms with E-state index < -0.39 is 0 Å². The van der Waals surface area contributed by atoms with Crippen molar-refractivity contribution in [1.82, 2.24) is 0 Å². The Balaban J connectivity index is 3.07. The number of nitrogens with two attached hydrogens (primary N) is 1. The third-order valence-electron chi connectivity index (χ3n) is 2.49. The van der Waals surface area contributed by atoms with Gasteiger partial charge in [0.05, 0.1) is 38.6 Å². The smallest absolute Gasteiger partial charge is 0.179 e. The normalized spacial score (nSPS) is 12.3. The zero-order valence-corrected chi connectivity index (χ0v) is 11.2. The maximum absolute atomic E-state index is 8.77. The fourth-order valence-corrected chi connectivity index (χ4v) is 1.99. The van der Waals surface area contributed by atoms with E-state index >= 15 is 0 Å². The molecule has 0 saturated carbocycles. The molecule has 1 unspecified atom stereocenters. The van der Waals surface area contributed by atoms with Crippen LogP contribution in [0.1, 0.15) is 11.7 Å². The van der Waals surface area contributed by atoms with Crippen LogP contribution in [0.3, 0.4) is 0 Å². The van der Waals surface area contributed by atoms with Crippen LogP contribution in [-0.4, -0.2) is 39.1 Å². The fourth-order valence-electron chi connectivity index (χ4n) is 1.63. The lowest BCUT2D eigenvalue weighted by atomic mass is 10.1. The molecule has 0 aromatic heterocycles. The number of halogens is 1. The molecule has 1 rings (SSSR count). The van der Waals surface area contributed by atoms with Crippen molar-refractivity contribution in [2.24, 2.45) is 5.73 Å². The second kappa shape index (κ2) is 7.43. The quantitative estimate of drug-likeness (QED) is 0.786. The highest BCUT2D eigenvalue weighted by molar-refractivity contribution is 6.33. The van der Waals surface area contributed by atoms with E-state index in [4.69, 9.17) is 36.7 Å². The predicted octanol–water partition coefficient (Wildman–Crippen LogP) is 1.37. The van der Waals surface area contributed by atoms with Crippen molar-refractivity contribution in [3.63, 3.8) is 0 Å². The summed E-state index contributed by atoms with van der Waals surface area (Å²) >= 11 is 6.24. The van der Waals surface area contributed by atoms with Gasteiger partial charge in [0.15, 0.2) is 11.5 Å². The number of aliphatic hydroxyl groups is 1. The first kappa shape index (κ1) is 15.0. The van der Waals surface area contributed by atoms with Crippen LogP contribution in [0.25, 0.3) is 0 Å². The third-order valence-corrected chi connectivity index (χ3v) is 2.88. The first-order valence-corrected chi connectivity index (χ1v) is 5.90. The Bertz CT molecular complexity index is 387. The number of methoxy groups -OCH3 is 2. The first-order valence-electron chi connectivity index (χ1n) is 5.52. The van der Waals surface area contributed by atoms with Crippen molar-refractivity contribution in [3.05, 3.63) is 22.7 Å². The summed E-state index contributed by atoms with van der Waals surface area (Å²) < 4.78 is 15.8. The summed E-state index contributed by atoms with van der Waals surface area (Å²) in [7, 11) is 3.05. The molecule has 102 valence electrons. The minimum absolute atomic E-state index is 0.0680. The van der Waals surface area contributed by atoms with E-state index in [-0.39, 0.29) is 25.9 Å². The van der Waals surface area contributed by atoms with Crippen LogP contribution in [0.4, 0.5) is 0 Å². The monoisotopic (exact) mass is 275 g/mol. The fraction of sp³-hybridized carbons (Fsp3) is 0.500. The van der Waals surface area contributed by atoms with Crippen molar-refractivity contribution < 1.29 is 19.3 Å². The molecule has 0 radical (unpaired) electrons. The molecule has 5 nitrogen and oxygen atoms in total. The van der Waals surface area contributed by atoms with Crippen molar-refractivity contribution in [1.29, 1.82) is 0 Å². The molecule has 0 fully saturated rings. The summed E-state index contributed by atoms with van der Waals surface area (Å²) in [5.41, 5.74) is 6.35. The molecular weight excluding hydrogens is 258 g/mol. The van der Waals surface area contributed by atoms with Gasteiger partial charge in [-0.25, -0.2) is 0 Å². The molecule has 0 heterocycles. The van der Waals surface area contributed by atoms with Crippen molar-refractivity contribution in [2.75, 3.05) is 34.0 Å². The summed E-state index contributed by atoms with van der Waals surface area (Å²) in [6, 6.07) is 3.52. The Morgan fingerprint density at radius 2 is 2.06 bits per heavy atom. The molecule has 0 spiro atoms. The SMILES string of the molecule is COc1ccc(C(CN)OCCO)c(Cl)c1OC. The molecule has 18 heavy (non-hydrogen) atoms. The molecule has 1 aromatic rings. The Labute approximate surface area is 111 Å². The van der Waals surface area contributed by atoms with Crippen molar-refractivity contribution in [3.8, 4) is 11.5 Å². The summed E-state index contributed by atoms with van der Waals surface area (Å²) in [6.07, 6.45) is -0.385. The van der Waals surface area contributed by atoms with Crippen LogP contribution in [-0.2, 0) is 4.74 Å². The van der Waals surface area contributed by atoms with Crippen molar-refractivity contribution in [2.45, 2.75) is 6.10 Å². The molecule has 0 aliphatic heterocycles. The minimum Gasteiger partial charge on any atom is -0.493 e. The Hall–Kier alpha value is -1.01. The Morgan fingerprint density at radius 1 is 1.33 bits per heavy atom. The van der Waals surface area contributed by atoms with E-state index in [0.29, 0.717) is 22.1 Å². The molecule has 3 N–H and O–H groups in total. The summed E-state index contributed by atoms with van der Waals surface area (Å²) in [5.74, 6) is 0.992. The Morgan fingerprint density at radius 3 is 2.56 bits per heavy atom. The zero-order valence-electron chi connectivity index (χ0n) is 10.5. The van der Waals surface area contributed by atoms with Crippen LogP contribution in [0.5, 0.6) is 11.5 Å². The highest BCUT2D eigenvalue weighted by Crippen LogP contribution is 2.40. The maximum Gasteiger partial charge on any atom is 0.179 e. The van der Waals surface area contributed by atoms with E-state index in [1.54, 1.807) is 12.1 Å². The molecule has 0 aliphatic carbocycles. The van der Waals surface area contributed by atoms with Gasteiger partial charge in [-0.1, -0.05) is 17.7 Å². The van der Waals surface area contributed by atoms with Gasteiger partial charge in [-0.05, 0) is 6.07 Å². The maximum atomic E-state index is 8.77. The van der Waals surface area contributed by atoms with Crippen molar-refractivity contribution >= 4 is 11.6 Å². The molecular formula is C12H18ClNO4. The largest absolute Gasteiger partial charge is 0.493 e. The number of ether oxygens (including phenoxy) is 3. The van der Waals surface area contributed by atoms with Gasteiger partial charge in [0.2, 0.25) is 0 Å². The topological polar surface area (TPSA) is 73.9 Å². The van der Waals surface area contributed by atoms with E-state index in [0.717, 1.165) is 0 Å². The number of benzene rings is 1. The second-order valence-corrected chi connectivity index (χ2v) is 3.90. The van der Waals surface area contributed by atoms with E-state index in [1.165, 1.54) is 14.2 Å². The standard InChI is InChI=1S/C12H18ClNO4/c1-16-9-4-3-8(11(13)12(9)17-2)10(7-14)18-6-5-15/h3-4,10,15H,5-7,14H2,1-2H3. The van der Waals surface area contributed by atoms with Gasteiger partial charge in [-0.15, -0.1) is 0 Å². The van der Waals surface area contributed by atoms with Crippen LogP contribution in [0.2, 0.25) is 5.02 Å². The van der Waals surface area contributed by atoms with Gasteiger partial charge < -0.3 is 25.1 Å². The Kier molecular flexibility index (Phi) is 6.21. The molecule has 1 atom stereocenters. The van der Waals surface area contributed by atoms with Gasteiger partial charge in [-0.2, -0.15) is 0 Å². The molecule has 0 bridgehead atoms. The van der Waals surface area contributed by atoms with Gasteiger partial charge >= 0.3 is 0 Å². The van der Waals surface area contributed by atoms with E-state index in [2.05, 4.69) is 0 Å². The van der Waals surface area contributed by atoms with Crippen LogP contribution < -0.4 is 15.2 Å². The van der Waals surface area contributed by atoms with Gasteiger partial charge in [0.25, 0.3) is 0 Å². The zero-order chi connectivity index (χ0) is 13.5. The van der Waals surface area contributed by atoms with Crippen LogP contribution in [0.15, 0.2) is 12.1 Å². The predicted molar refractivity (Wildman–Crippen MR) is 69.4 cm³/mol. The van der Waals surface area contributed by atoms with Gasteiger partial charge in [-0.3, -0.25) is 0 Å². The minimum atomic E-state index is -0.385. The average molecular weight is 276 g/mol. The van der Waals surface area contributed by atoms with E-state index in [1.807, 2.05) is 0 Å². The summed E-state index contributed by atoms with van der Waals surface area (Å²) in [6.45, 7) is 0.392. The average Bonchev–Trinajstić information content (AvgIpc) is 2.40. The molecule has 0 aliphatic rings. The highest BCUT2D eigenvalue weighted by atomic mass is 35.5. The van der Waals surface area contributed by atoms with E-state index in [9.17, 15) is 0 Å². The van der Waals surface area contributed by atoms with Gasteiger partial charge in [0, 0.05) is 12.1 Å². The molecule has 6 heteroatoms. The second-order valence-electron chi connectivity index (χ2n) is 3.52. The summed E-state index contributed by atoms with van der Waals surface area (Å²) in [4.78, 5) is 0.